The van der Waals surface area contributed by atoms with E-state index in [2.05, 4.69) is 29.2 Å². The topological polar surface area (TPSA) is 32.8 Å². The van der Waals surface area contributed by atoms with Gasteiger partial charge < -0.3 is 14.5 Å². The number of carbonyl (C=O) groups excluding carboxylic acids is 1. The molecule has 1 heterocycles. The van der Waals surface area contributed by atoms with Crippen molar-refractivity contribution in [2.24, 2.45) is 0 Å². The summed E-state index contributed by atoms with van der Waals surface area (Å²) >= 11 is 1.23. The third-order valence-corrected chi connectivity index (χ3v) is 5.38. The van der Waals surface area contributed by atoms with Crippen molar-refractivity contribution in [2.75, 3.05) is 44.0 Å². The normalized spacial score (nSPS) is 14.3. The summed E-state index contributed by atoms with van der Waals surface area (Å²) in [6.07, 6.45) is 0. The van der Waals surface area contributed by atoms with Crippen LogP contribution in [0.25, 0.3) is 0 Å². The standard InChI is InChI=1S/C20H23FN2O2S/c1-22(20(24)15-26-19-5-3-2-4-18(19)21)14-16-6-8-17(9-7-16)23-10-12-25-13-11-23/h2-9H,10-15H2,1H3. The number of amides is 1. The number of carbonyl (C=O) groups is 1. The molecule has 0 radical (unpaired) electrons. The summed E-state index contributed by atoms with van der Waals surface area (Å²) in [5.41, 5.74) is 2.26. The van der Waals surface area contributed by atoms with Crippen molar-refractivity contribution in [2.45, 2.75) is 11.4 Å². The highest BCUT2D eigenvalue weighted by atomic mass is 32.2. The number of ether oxygens (including phenoxy) is 1. The van der Waals surface area contributed by atoms with E-state index in [0.717, 1.165) is 31.9 Å². The lowest BCUT2D eigenvalue weighted by Gasteiger charge is -2.29. The van der Waals surface area contributed by atoms with E-state index in [1.807, 2.05) is 0 Å². The van der Waals surface area contributed by atoms with Crippen LogP contribution in [0.1, 0.15) is 5.56 Å². The van der Waals surface area contributed by atoms with Gasteiger partial charge in [0.25, 0.3) is 0 Å². The van der Waals surface area contributed by atoms with Crippen LogP contribution >= 0.6 is 11.8 Å². The lowest BCUT2D eigenvalue weighted by Crippen LogP contribution is -2.36. The Kier molecular flexibility index (Phi) is 6.52. The molecule has 6 heteroatoms. The van der Waals surface area contributed by atoms with Gasteiger partial charge in [0, 0.05) is 37.3 Å². The van der Waals surface area contributed by atoms with Gasteiger partial charge in [-0.25, -0.2) is 4.39 Å². The number of hydrogen-bond donors (Lipinski definition) is 0. The SMILES string of the molecule is CN(Cc1ccc(N2CCOCC2)cc1)C(=O)CSc1ccccc1F. The molecule has 1 amide bonds. The van der Waals surface area contributed by atoms with Crippen LogP contribution < -0.4 is 4.90 Å². The van der Waals surface area contributed by atoms with Crippen molar-refractivity contribution in [3.8, 4) is 0 Å². The summed E-state index contributed by atoms with van der Waals surface area (Å²) < 4.78 is 19.0. The molecule has 1 aliphatic heterocycles. The Hall–Kier alpha value is -2.05. The first-order chi connectivity index (χ1) is 12.6. The number of rotatable bonds is 6. The summed E-state index contributed by atoms with van der Waals surface area (Å²) in [6.45, 7) is 3.88. The molecule has 0 bridgehead atoms. The van der Waals surface area contributed by atoms with Crippen molar-refractivity contribution >= 4 is 23.4 Å². The second-order valence-corrected chi connectivity index (χ2v) is 7.25. The molecule has 0 aromatic heterocycles. The van der Waals surface area contributed by atoms with Crippen LogP contribution in [0.5, 0.6) is 0 Å². The number of morpholine rings is 1. The Morgan fingerprint density at radius 1 is 1.15 bits per heavy atom. The quantitative estimate of drug-likeness (QED) is 0.726. The van der Waals surface area contributed by atoms with Crippen molar-refractivity contribution in [1.29, 1.82) is 0 Å². The minimum atomic E-state index is -0.286. The van der Waals surface area contributed by atoms with Crippen LogP contribution in [-0.2, 0) is 16.1 Å². The van der Waals surface area contributed by atoms with E-state index in [1.54, 1.807) is 30.1 Å². The minimum Gasteiger partial charge on any atom is -0.378 e. The average Bonchev–Trinajstić information content (AvgIpc) is 2.68. The van der Waals surface area contributed by atoms with Gasteiger partial charge in [-0.05, 0) is 29.8 Å². The molecule has 2 aromatic carbocycles. The molecule has 0 N–H and O–H groups in total. The van der Waals surface area contributed by atoms with Crippen LogP contribution in [0.2, 0.25) is 0 Å². The van der Waals surface area contributed by atoms with Crippen LogP contribution in [0, 0.1) is 5.82 Å². The Labute approximate surface area is 157 Å². The predicted molar refractivity (Wildman–Crippen MR) is 103 cm³/mol. The van der Waals surface area contributed by atoms with Gasteiger partial charge in [0.2, 0.25) is 5.91 Å². The molecule has 138 valence electrons. The van der Waals surface area contributed by atoms with Crippen LogP contribution in [0.15, 0.2) is 53.4 Å². The molecule has 2 aromatic rings. The number of anilines is 1. The third kappa shape index (κ3) is 4.99. The van der Waals surface area contributed by atoms with E-state index >= 15 is 0 Å². The van der Waals surface area contributed by atoms with Gasteiger partial charge in [-0.15, -0.1) is 11.8 Å². The fourth-order valence-corrected chi connectivity index (χ4v) is 3.69. The first-order valence-corrected chi connectivity index (χ1v) is 9.65. The summed E-state index contributed by atoms with van der Waals surface area (Å²) in [7, 11) is 1.78. The molecule has 1 saturated heterocycles. The highest BCUT2D eigenvalue weighted by Crippen LogP contribution is 2.22. The van der Waals surface area contributed by atoms with Crippen molar-refractivity contribution in [3.63, 3.8) is 0 Å². The molecule has 0 spiro atoms. The number of halogens is 1. The van der Waals surface area contributed by atoms with Gasteiger partial charge in [0.05, 0.1) is 19.0 Å². The molecule has 3 rings (SSSR count). The fraction of sp³-hybridized carbons (Fsp3) is 0.350. The predicted octanol–water partition coefficient (Wildman–Crippen LogP) is 3.41. The summed E-state index contributed by atoms with van der Waals surface area (Å²) in [4.78, 5) is 16.8. The Bertz CT molecular complexity index is 733. The van der Waals surface area contributed by atoms with E-state index in [1.165, 1.54) is 23.5 Å². The number of nitrogens with zero attached hydrogens (tertiary/aromatic N) is 2. The summed E-state index contributed by atoms with van der Waals surface area (Å²) in [5, 5.41) is 0. The first-order valence-electron chi connectivity index (χ1n) is 8.66. The van der Waals surface area contributed by atoms with E-state index in [9.17, 15) is 9.18 Å². The third-order valence-electron chi connectivity index (χ3n) is 4.35. The van der Waals surface area contributed by atoms with E-state index in [4.69, 9.17) is 4.74 Å². The largest absolute Gasteiger partial charge is 0.378 e. The lowest BCUT2D eigenvalue weighted by atomic mass is 10.2. The first kappa shape index (κ1) is 18.7. The van der Waals surface area contributed by atoms with E-state index < -0.39 is 0 Å². The van der Waals surface area contributed by atoms with Gasteiger partial charge in [0.1, 0.15) is 5.82 Å². The van der Waals surface area contributed by atoms with Crippen LogP contribution in [0.4, 0.5) is 10.1 Å². The molecule has 0 unspecified atom stereocenters. The van der Waals surface area contributed by atoms with Gasteiger partial charge in [-0.3, -0.25) is 4.79 Å². The smallest absolute Gasteiger partial charge is 0.232 e. The minimum absolute atomic E-state index is 0.0180. The second-order valence-electron chi connectivity index (χ2n) is 6.23. The second kappa shape index (κ2) is 9.05. The number of benzene rings is 2. The van der Waals surface area contributed by atoms with Gasteiger partial charge >= 0.3 is 0 Å². The maximum absolute atomic E-state index is 13.6. The zero-order valence-electron chi connectivity index (χ0n) is 14.9. The maximum Gasteiger partial charge on any atom is 0.232 e. The molecular formula is C20H23FN2O2S. The number of hydrogen-bond acceptors (Lipinski definition) is 4. The van der Waals surface area contributed by atoms with Crippen LogP contribution in [-0.4, -0.2) is 49.9 Å². The number of thioether (sulfide) groups is 1. The molecule has 0 saturated carbocycles. The van der Waals surface area contributed by atoms with Crippen molar-refractivity contribution in [1.82, 2.24) is 4.90 Å². The summed E-state index contributed by atoms with van der Waals surface area (Å²) in [5.74, 6) is -0.0781. The Balaban J connectivity index is 1.51. The van der Waals surface area contributed by atoms with Crippen molar-refractivity contribution in [3.05, 3.63) is 59.9 Å². The molecule has 1 aliphatic rings. The Morgan fingerprint density at radius 3 is 2.54 bits per heavy atom. The van der Waals surface area contributed by atoms with Gasteiger partial charge in [-0.1, -0.05) is 24.3 Å². The maximum atomic E-state index is 13.6. The zero-order chi connectivity index (χ0) is 18.4. The molecule has 26 heavy (non-hydrogen) atoms. The summed E-state index contributed by atoms with van der Waals surface area (Å²) in [6, 6.07) is 14.8. The molecule has 0 aliphatic carbocycles. The zero-order valence-corrected chi connectivity index (χ0v) is 15.7. The molecule has 0 atom stereocenters. The van der Waals surface area contributed by atoms with E-state index in [0.29, 0.717) is 11.4 Å². The fourth-order valence-electron chi connectivity index (χ4n) is 2.81. The average molecular weight is 374 g/mol. The van der Waals surface area contributed by atoms with Gasteiger partial charge in [0.15, 0.2) is 0 Å². The molecule has 4 nitrogen and oxygen atoms in total. The monoisotopic (exact) mass is 374 g/mol. The molecular weight excluding hydrogens is 351 g/mol. The van der Waals surface area contributed by atoms with Crippen molar-refractivity contribution < 1.29 is 13.9 Å². The van der Waals surface area contributed by atoms with Gasteiger partial charge in [-0.2, -0.15) is 0 Å². The highest BCUT2D eigenvalue weighted by molar-refractivity contribution is 8.00. The Morgan fingerprint density at radius 2 is 1.85 bits per heavy atom. The lowest BCUT2D eigenvalue weighted by molar-refractivity contribution is -0.127. The molecule has 1 fully saturated rings. The van der Waals surface area contributed by atoms with Crippen LogP contribution in [0.3, 0.4) is 0 Å². The van der Waals surface area contributed by atoms with E-state index in [-0.39, 0.29) is 17.5 Å². The highest BCUT2D eigenvalue weighted by Gasteiger charge is 2.13.